The van der Waals surface area contributed by atoms with Crippen molar-refractivity contribution in [3.63, 3.8) is 0 Å². The first-order chi connectivity index (χ1) is 7.99. The van der Waals surface area contributed by atoms with Crippen LogP contribution in [0, 0.1) is 11.3 Å². The highest BCUT2D eigenvalue weighted by atomic mass is 35.5. The van der Waals surface area contributed by atoms with Crippen molar-refractivity contribution < 1.29 is 9.53 Å². The molecule has 1 rings (SSSR count). The van der Waals surface area contributed by atoms with E-state index < -0.39 is 6.09 Å². The molecule has 4 nitrogen and oxygen atoms in total. The Bertz CT molecular complexity index is 478. The molecule has 1 aromatic carbocycles. The van der Waals surface area contributed by atoms with E-state index in [1.807, 2.05) is 19.9 Å². The van der Waals surface area contributed by atoms with Gasteiger partial charge in [-0.25, -0.2) is 4.79 Å². The molecular weight excluding hydrogens is 240 g/mol. The molecular formula is C12H13ClN2O2. The van der Waals surface area contributed by atoms with Crippen molar-refractivity contribution in [2.75, 3.05) is 12.4 Å². The van der Waals surface area contributed by atoms with Gasteiger partial charge in [-0.05, 0) is 23.6 Å². The van der Waals surface area contributed by atoms with Crippen molar-refractivity contribution >= 4 is 23.4 Å². The average Bonchev–Trinajstić information content (AvgIpc) is 2.30. The fourth-order valence-electron chi connectivity index (χ4n) is 1.43. The highest BCUT2D eigenvalue weighted by Gasteiger charge is 2.15. The van der Waals surface area contributed by atoms with Crippen molar-refractivity contribution in [3.05, 3.63) is 28.3 Å². The number of ether oxygens (including phenoxy) is 1. The van der Waals surface area contributed by atoms with E-state index in [1.165, 1.54) is 13.2 Å². The van der Waals surface area contributed by atoms with Crippen LogP contribution in [0.2, 0.25) is 5.02 Å². The smallest absolute Gasteiger partial charge is 0.411 e. The van der Waals surface area contributed by atoms with Crippen LogP contribution >= 0.6 is 11.6 Å². The van der Waals surface area contributed by atoms with Gasteiger partial charge in [0.15, 0.2) is 0 Å². The van der Waals surface area contributed by atoms with E-state index in [4.69, 9.17) is 16.9 Å². The molecule has 0 aliphatic carbocycles. The fourth-order valence-corrected chi connectivity index (χ4v) is 1.71. The van der Waals surface area contributed by atoms with Gasteiger partial charge in [0, 0.05) is 0 Å². The molecule has 17 heavy (non-hydrogen) atoms. The van der Waals surface area contributed by atoms with Gasteiger partial charge in [0.25, 0.3) is 0 Å². The highest BCUT2D eigenvalue weighted by Crippen LogP contribution is 2.32. The SMILES string of the molecule is COC(=O)Nc1c(Cl)cc(C#N)cc1C(C)C. The number of carbonyl (C=O) groups excluding carboxylic acids is 1. The lowest BCUT2D eigenvalue weighted by Gasteiger charge is -2.15. The summed E-state index contributed by atoms with van der Waals surface area (Å²) < 4.78 is 4.53. The van der Waals surface area contributed by atoms with Crippen LogP contribution in [0.15, 0.2) is 12.1 Å². The van der Waals surface area contributed by atoms with E-state index in [9.17, 15) is 4.79 Å². The maximum Gasteiger partial charge on any atom is 0.411 e. The third-order valence-corrected chi connectivity index (χ3v) is 2.58. The van der Waals surface area contributed by atoms with Gasteiger partial charge in [-0.2, -0.15) is 5.26 Å². The third kappa shape index (κ3) is 3.11. The molecule has 0 unspecified atom stereocenters. The minimum Gasteiger partial charge on any atom is -0.453 e. The van der Waals surface area contributed by atoms with Crippen LogP contribution in [-0.2, 0) is 4.74 Å². The molecule has 0 aromatic heterocycles. The minimum atomic E-state index is -0.585. The number of nitrogens with one attached hydrogen (secondary N) is 1. The largest absolute Gasteiger partial charge is 0.453 e. The zero-order chi connectivity index (χ0) is 13.0. The molecule has 0 aliphatic rings. The molecule has 0 fully saturated rings. The van der Waals surface area contributed by atoms with Crippen molar-refractivity contribution in [1.29, 1.82) is 5.26 Å². The number of benzene rings is 1. The third-order valence-electron chi connectivity index (χ3n) is 2.28. The lowest BCUT2D eigenvalue weighted by Crippen LogP contribution is -2.13. The lowest BCUT2D eigenvalue weighted by atomic mass is 9.99. The van der Waals surface area contributed by atoms with Crippen molar-refractivity contribution in [2.24, 2.45) is 0 Å². The Kier molecular flexibility index (Phi) is 4.36. The van der Waals surface area contributed by atoms with Gasteiger partial charge in [0.2, 0.25) is 0 Å². The van der Waals surface area contributed by atoms with Gasteiger partial charge in [-0.3, -0.25) is 5.32 Å². The Morgan fingerprint density at radius 3 is 2.65 bits per heavy atom. The molecule has 0 saturated carbocycles. The van der Waals surface area contributed by atoms with E-state index in [-0.39, 0.29) is 5.92 Å². The summed E-state index contributed by atoms with van der Waals surface area (Å²) in [5.41, 5.74) is 1.76. The summed E-state index contributed by atoms with van der Waals surface area (Å²) in [6, 6.07) is 5.25. The number of nitrogens with zero attached hydrogens (tertiary/aromatic N) is 1. The second kappa shape index (κ2) is 5.55. The maximum absolute atomic E-state index is 11.2. The van der Waals surface area contributed by atoms with Crippen LogP contribution in [0.3, 0.4) is 0 Å². The topological polar surface area (TPSA) is 62.1 Å². The zero-order valence-electron chi connectivity index (χ0n) is 9.87. The molecule has 90 valence electrons. The standard InChI is InChI=1S/C12H13ClN2O2/c1-7(2)9-4-8(6-14)5-10(13)11(9)15-12(16)17-3/h4-5,7H,1-3H3,(H,15,16). The molecule has 0 heterocycles. The Morgan fingerprint density at radius 1 is 1.53 bits per heavy atom. The summed E-state index contributed by atoms with van der Waals surface area (Å²) in [5.74, 6) is 0.132. The molecule has 1 N–H and O–H groups in total. The number of rotatable bonds is 2. The molecule has 0 atom stereocenters. The Balaban J connectivity index is 3.27. The summed E-state index contributed by atoms with van der Waals surface area (Å²) in [4.78, 5) is 11.2. The van der Waals surface area contributed by atoms with Crippen molar-refractivity contribution in [1.82, 2.24) is 0 Å². The summed E-state index contributed by atoms with van der Waals surface area (Å²) in [6.07, 6.45) is -0.585. The van der Waals surface area contributed by atoms with Crippen LogP contribution in [0.1, 0.15) is 30.9 Å². The minimum absolute atomic E-state index is 0.132. The molecule has 0 spiro atoms. The zero-order valence-corrected chi connectivity index (χ0v) is 10.6. The predicted octanol–water partition coefficient (Wildman–Crippen LogP) is 3.51. The number of methoxy groups -OCH3 is 1. The monoisotopic (exact) mass is 252 g/mol. The maximum atomic E-state index is 11.2. The number of carbonyl (C=O) groups is 1. The number of halogens is 1. The van der Waals surface area contributed by atoms with Crippen molar-refractivity contribution in [3.8, 4) is 6.07 Å². The molecule has 0 aliphatic heterocycles. The molecule has 0 radical (unpaired) electrons. The second-order valence-corrected chi connectivity index (χ2v) is 4.21. The first-order valence-electron chi connectivity index (χ1n) is 5.08. The van der Waals surface area contributed by atoms with Crippen LogP contribution in [0.5, 0.6) is 0 Å². The fraction of sp³-hybridized carbons (Fsp3) is 0.333. The number of amides is 1. The summed E-state index contributed by atoms with van der Waals surface area (Å²) in [7, 11) is 1.28. The van der Waals surface area contributed by atoms with E-state index in [2.05, 4.69) is 10.1 Å². The van der Waals surface area contributed by atoms with Gasteiger partial charge in [0.05, 0.1) is 29.5 Å². The van der Waals surface area contributed by atoms with Crippen LogP contribution < -0.4 is 5.32 Å². The van der Waals surface area contributed by atoms with Crippen LogP contribution in [0.25, 0.3) is 0 Å². The van der Waals surface area contributed by atoms with Gasteiger partial charge in [-0.1, -0.05) is 25.4 Å². The molecule has 0 saturated heterocycles. The summed E-state index contributed by atoms with van der Waals surface area (Å²) in [6.45, 7) is 3.91. The average molecular weight is 253 g/mol. The second-order valence-electron chi connectivity index (χ2n) is 3.81. The normalized spacial score (nSPS) is 9.88. The van der Waals surface area contributed by atoms with Gasteiger partial charge >= 0.3 is 6.09 Å². The molecule has 1 amide bonds. The summed E-state index contributed by atoms with van der Waals surface area (Å²) >= 11 is 6.04. The van der Waals surface area contributed by atoms with Crippen LogP contribution in [-0.4, -0.2) is 13.2 Å². The summed E-state index contributed by atoms with van der Waals surface area (Å²) in [5, 5.41) is 11.8. The Labute approximate surface area is 105 Å². The number of hydrogen-bond donors (Lipinski definition) is 1. The van der Waals surface area contributed by atoms with Gasteiger partial charge < -0.3 is 4.74 Å². The van der Waals surface area contributed by atoms with Gasteiger partial charge in [-0.15, -0.1) is 0 Å². The Hall–Kier alpha value is -1.73. The van der Waals surface area contributed by atoms with Gasteiger partial charge in [0.1, 0.15) is 0 Å². The van der Waals surface area contributed by atoms with E-state index in [0.717, 1.165) is 5.56 Å². The quantitative estimate of drug-likeness (QED) is 0.876. The lowest BCUT2D eigenvalue weighted by molar-refractivity contribution is 0.187. The Morgan fingerprint density at radius 2 is 2.18 bits per heavy atom. The predicted molar refractivity (Wildman–Crippen MR) is 66.3 cm³/mol. The van der Waals surface area contributed by atoms with Crippen molar-refractivity contribution in [2.45, 2.75) is 19.8 Å². The molecule has 5 heteroatoms. The highest BCUT2D eigenvalue weighted by molar-refractivity contribution is 6.34. The molecule has 0 bridgehead atoms. The number of nitriles is 1. The van der Waals surface area contributed by atoms with Crippen LogP contribution in [0.4, 0.5) is 10.5 Å². The van der Waals surface area contributed by atoms with E-state index in [0.29, 0.717) is 16.3 Å². The first kappa shape index (κ1) is 13.3. The first-order valence-corrected chi connectivity index (χ1v) is 5.46. The number of hydrogen-bond acceptors (Lipinski definition) is 3. The number of anilines is 1. The van der Waals surface area contributed by atoms with E-state index >= 15 is 0 Å². The van der Waals surface area contributed by atoms with E-state index in [1.54, 1.807) is 6.07 Å². The molecule has 1 aromatic rings.